The van der Waals surface area contributed by atoms with E-state index in [-0.39, 0.29) is 0 Å². The topological polar surface area (TPSA) is 26.0 Å². The highest BCUT2D eigenvalue weighted by Crippen LogP contribution is 2.36. The molecular weight excluding hydrogens is 346 g/mol. The Morgan fingerprint density at radius 2 is 1.74 bits per heavy atom. The number of aromatic nitrogens is 1. The average molecular weight is 374 g/mol. The zero-order valence-corrected chi connectivity index (χ0v) is 17.9. The summed E-state index contributed by atoms with van der Waals surface area (Å²) in [5, 5.41) is 3.95. The predicted octanol–water partition coefficient (Wildman–Crippen LogP) is 6.32. The molecule has 2 aromatic carbocycles. The number of aryl methyl sites for hydroxylation is 2. The van der Waals surface area contributed by atoms with Gasteiger partial charge in [-0.2, -0.15) is 0 Å². The van der Waals surface area contributed by atoms with E-state index in [4.69, 9.17) is 9.40 Å². The van der Waals surface area contributed by atoms with Crippen molar-refractivity contribution < 1.29 is 4.42 Å². The maximum Gasteiger partial charge on any atom is 0.144 e. The van der Waals surface area contributed by atoms with Gasteiger partial charge in [-0.15, -0.1) is 0 Å². The van der Waals surface area contributed by atoms with Crippen LogP contribution in [0.2, 0.25) is 19.6 Å². The molecule has 0 atom stereocenters. The SMILES string of the molecule is CCc1cnc(-c2ccc([Si](C)(C)C)c3c2oc2ccccc23)c(CC)c1. The molecule has 138 valence electrons. The summed E-state index contributed by atoms with van der Waals surface area (Å²) >= 11 is 0. The summed E-state index contributed by atoms with van der Waals surface area (Å²) in [6.07, 6.45) is 3.98. The molecule has 0 spiro atoms. The normalized spacial score (nSPS) is 12.2. The number of nitrogens with zero attached hydrogens (tertiary/aromatic N) is 1. The molecule has 2 heterocycles. The van der Waals surface area contributed by atoms with Gasteiger partial charge in [-0.1, -0.05) is 63.8 Å². The Labute approximate surface area is 162 Å². The molecule has 4 rings (SSSR count). The van der Waals surface area contributed by atoms with Gasteiger partial charge < -0.3 is 4.42 Å². The van der Waals surface area contributed by atoms with E-state index in [0.717, 1.165) is 35.3 Å². The highest BCUT2D eigenvalue weighted by molar-refractivity contribution is 6.90. The summed E-state index contributed by atoms with van der Waals surface area (Å²) in [4.78, 5) is 4.85. The van der Waals surface area contributed by atoms with Crippen LogP contribution in [0.1, 0.15) is 25.0 Å². The summed E-state index contributed by atoms with van der Waals surface area (Å²) in [5.74, 6) is 0. The molecule has 2 nitrogen and oxygen atoms in total. The van der Waals surface area contributed by atoms with Crippen molar-refractivity contribution in [3.63, 3.8) is 0 Å². The molecule has 0 amide bonds. The highest BCUT2D eigenvalue weighted by Gasteiger charge is 2.25. The van der Waals surface area contributed by atoms with Crippen molar-refractivity contribution in [2.45, 2.75) is 46.3 Å². The zero-order valence-electron chi connectivity index (χ0n) is 16.9. The van der Waals surface area contributed by atoms with Gasteiger partial charge in [0.25, 0.3) is 0 Å². The number of hydrogen-bond acceptors (Lipinski definition) is 2. The first-order chi connectivity index (χ1) is 12.9. The van der Waals surface area contributed by atoms with Crippen LogP contribution in [0.5, 0.6) is 0 Å². The molecule has 0 aliphatic rings. The first-order valence-electron chi connectivity index (χ1n) is 9.87. The van der Waals surface area contributed by atoms with Crippen molar-refractivity contribution in [2.24, 2.45) is 0 Å². The number of furan rings is 1. The Morgan fingerprint density at radius 1 is 0.963 bits per heavy atom. The van der Waals surface area contributed by atoms with Crippen LogP contribution in [-0.2, 0) is 12.8 Å². The van der Waals surface area contributed by atoms with E-state index in [2.05, 4.69) is 69.9 Å². The van der Waals surface area contributed by atoms with Gasteiger partial charge >= 0.3 is 0 Å². The van der Waals surface area contributed by atoms with E-state index >= 15 is 0 Å². The van der Waals surface area contributed by atoms with Crippen molar-refractivity contribution >= 4 is 35.2 Å². The van der Waals surface area contributed by atoms with Gasteiger partial charge in [0, 0.05) is 22.5 Å². The van der Waals surface area contributed by atoms with Crippen LogP contribution in [0, 0.1) is 0 Å². The largest absolute Gasteiger partial charge is 0.455 e. The Hall–Kier alpha value is -2.39. The molecule has 0 fully saturated rings. The number of benzene rings is 2. The van der Waals surface area contributed by atoms with E-state index in [1.54, 1.807) is 0 Å². The molecule has 4 aromatic rings. The van der Waals surface area contributed by atoms with Gasteiger partial charge in [0.1, 0.15) is 11.2 Å². The van der Waals surface area contributed by atoms with Crippen molar-refractivity contribution in [1.29, 1.82) is 0 Å². The maximum absolute atomic E-state index is 6.41. The zero-order chi connectivity index (χ0) is 19.2. The fraction of sp³-hybridized carbons (Fsp3) is 0.292. The second kappa shape index (κ2) is 6.65. The molecule has 0 radical (unpaired) electrons. The Morgan fingerprint density at radius 3 is 2.44 bits per heavy atom. The summed E-state index contributed by atoms with van der Waals surface area (Å²) in [7, 11) is -1.52. The first kappa shape index (κ1) is 18.0. The van der Waals surface area contributed by atoms with Crippen LogP contribution in [0.25, 0.3) is 33.2 Å². The molecular formula is C24H27NOSi. The molecule has 0 bridgehead atoms. The number of hydrogen-bond donors (Lipinski definition) is 0. The van der Waals surface area contributed by atoms with E-state index < -0.39 is 8.07 Å². The molecule has 3 heteroatoms. The predicted molar refractivity (Wildman–Crippen MR) is 119 cm³/mol. The lowest BCUT2D eigenvalue weighted by molar-refractivity contribution is 0.670. The van der Waals surface area contributed by atoms with Crippen LogP contribution in [-0.4, -0.2) is 13.1 Å². The van der Waals surface area contributed by atoms with Crippen LogP contribution < -0.4 is 5.19 Å². The standard InChI is InChI=1S/C24H27NOSi/c1-6-16-14-17(7-2)23(25-15-16)19-12-13-21(27(3,4)5)22-18-10-8-9-11-20(18)26-24(19)22/h8-15H,6-7H2,1-5H3. The smallest absolute Gasteiger partial charge is 0.144 e. The fourth-order valence-electron chi connectivity index (χ4n) is 3.90. The van der Waals surface area contributed by atoms with Gasteiger partial charge in [-0.25, -0.2) is 0 Å². The highest BCUT2D eigenvalue weighted by atomic mass is 28.3. The van der Waals surface area contributed by atoms with Crippen LogP contribution in [0.15, 0.2) is 53.1 Å². The summed E-state index contributed by atoms with van der Waals surface area (Å²) < 4.78 is 6.41. The maximum atomic E-state index is 6.41. The Kier molecular flexibility index (Phi) is 4.43. The van der Waals surface area contributed by atoms with Crippen LogP contribution in [0.3, 0.4) is 0 Å². The monoisotopic (exact) mass is 373 g/mol. The second-order valence-electron chi connectivity index (χ2n) is 8.27. The molecule has 2 aromatic heterocycles. The van der Waals surface area contributed by atoms with E-state index in [1.165, 1.54) is 27.1 Å². The minimum Gasteiger partial charge on any atom is -0.455 e. The van der Waals surface area contributed by atoms with Crippen LogP contribution in [0.4, 0.5) is 0 Å². The molecule has 0 aliphatic heterocycles. The first-order valence-corrected chi connectivity index (χ1v) is 13.4. The van der Waals surface area contributed by atoms with Crippen molar-refractivity contribution in [3.8, 4) is 11.3 Å². The lowest BCUT2D eigenvalue weighted by atomic mass is 9.99. The van der Waals surface area contributed by atoms with E-state index in [1.807, 2.05) is 12.3 Å². The van der Waals surface area contributed by atoms with Crippen molar-refractivity contribution in [2.75, 3.05) is 0 Å². The fourth-order valence-corrected chi connectivity index (χ4v) is 5.49. The van der Waals surface area contributed by atoms with Gasteiger partial charge in [0.15, 0.2) is 0 Å². The Bertz CT molecular complexity index is 1130. The van der Waals surface area contributed by atoms with E-state index in [9.17, 15) is 0 Å². The van der Waals surface area contributed by atoms with Crippen LogP contribution >= 0.6 is 0 Å². The summed E-state index contributed by atoms with van der Waals surface area (Å²) in [6, 6.07) is 15.2. The molecule has 0 aliphatic carbocycles. The molecule has 27 heavy (non-hydrogen) atoms. The lowest BCUT2D eigenvalue weighted by Crippen LogP contribution is -2.37. The summed E-state index contributed by atoms with van der Waals surface area (Å²) in [5.41, 5.74) is 6.70. The van der Waals surface area contributed by atoms with Gasteiger partial charge in [-0.3, -0.25) is 4.98 Å². The van der Waals surface area contributed by atoms with Crippen molar-refractivity contribution in [3.05, 3.63) is 59.8 Å². The number of fused-ring (bicyclic) bond motifs is 3. The van der Waals surface area contributed by atoms with Gasteiger partial charge in [-0.05, 0) is 41.3 Å². The van der Waals surface area contributed by atoms with E-state index in [0.29, 0.717) is 0 Å². The number of pyridine rings is 1. The molecule has 0 N–H and O–H groups in total. The second-order valence-corrected chi connectivity index (χ2v) is 13.3. The lowest BCUT2D eigenvalue weighted by Gasteiger charge is -2.19. The quantitative estimate of drug-likeness (QED) is 0.391. The number of para-hydroxylation sites is 1. The minimum absolute atomic E-state index is 0.961. The van der Waals surface area contributed by atoms with Crippen molar-refractivity contribution in [1.82, 2.24) is 4.98 Å². The van der Waals surface area contributed by atoms with Gasteiger partial charge in [0.2, 0.25) is 0 Å². The average Bonchev–Trinajstić information content (AvgIpc) is 3.05. The third-order valence-corrected chi connectivity index (χ3v) is 7.43. The number of rotatable bonds is 4. The third kappa shape index (κ3) is 3.00. The third-order valence-electron chi connectivity index (χ3n) is 5.40. The summed E-state index contributed by atoms with van der Waals surface area (Å²) in [6.45, 7) is 11.6. The van der Waals surface area contributed by atoms with Gasteiger partial charge in [0.05, 0.1) is 13.8 Å². The minimum atomic E-state index is -1.52. The Balaban J connectivity index is 2.10. The molecule has 0 saturated carbocycles. The molecule has 0 unspecified atom stereocenters. The molecule has 0 saturated heterocycles.